The molecule has 0 saturated heterocycles. The van der Waals surface area contributed by atoms with E-state index >= 15 is 0 Å². The van der Waals surface area contributed by atoms with Crippen molar-refractivity contribution in [3.05, 3.63) is 66.4 Å². The lowest BCUT2D eigenvalue weighted by molar-refractivity contribution is 0.226. The number of hydrogen-bond acceptors (Lipinski definition) is 7. The van der Waals surface area contributed by atoms with E-state index in [2.05, 4.69) is 37.6 Å². The fraction of sp³-hybridized carbons (Fsp3) is 0.143. The normalized spacial score (nSPS) is 14.9. The number of aromatic amines is 1. The van der Waals surface area contributed by atoms with Crippen molar-refractivity contribution in [1.82, 2.24) is 25.4 Å². The van der Waals surface area contributed by atoms with Crippen LogP contribution in [0.5, 0.6) is 5.88 Å². The second-order valence-electron chi connectivity index (χ2n) is 6.44. The molecule has 0 spiro atoms. The molecular formula is C21H18N6OS. The van der Waals surface area contributed by atoms with Crippen molar-refractivity contribution in [2.45, 2.75) is 18.3 Å². The van der Waals surface area contributed by atoms with Gasteiger partial charge in [0.25, 0.3) is 0 Å². The molecule has 0 fully saturated rings. The lowest BCUT2D eigenvalue weighted by Gasteiger charge is -2.19. The lowest BCUT2D eigenvalue weighted by Crippen LogP contribution is -2.17. The summed E-state index contributed by atoms with van der Waals surface area (Å²) >= 11 is 1.53. The topological polar surface area (TPSA) is 88.6 Å². The first-order chi connectivity index (χ1) is 14.3. The quantitative estimate of drug-likeness (QED) is 0.484. The Hall–Kier alpha value is -3.39. The molecule has 2 aromatic carbocycles. The van der Waals surface area contributed by atoms with Gasteiger partial charge in [-0.25, -0.2) is 0 Å². The summed E-state index contributed by atoms with van der Waals surface area (Å²) in [4.78, 5) is 4.62. The van der Waals surface area contributed by atoms with Gasteiger partial charge in [0, 0.05) is 16.8 Å². The number of nitrogens with zero attached hydrogens (tertiary/aromatic N) is 4. The standard InChI is InChI=1S/C21H18N6OS/c1-2-29-21-24-20-18(26-27-21)14-10-6-7-11-16(14)23-19(28-20)15-12-22-25-17(15)13-8-4-3-5-9-13/h3-12,19,23H,2H2,1H3,(H,22,25)/t19-/m0/s1. The molecule has 4 aromatic rings. The number of nitrogens with one attached hydrogen (secondary N) is 2. The number of anilines is 1. The molecule has 29 heavy (non-hydrogen) atoms. The van der Waals surface area contributed by atoms with Crippen LogP contribution in [0.3, 0.4) is 0 Å². The summed E-state index contributed by atoms with van der Waals surface area (Å²) in [6, 6.07) is 18.0. The Kier molecular flexibility index (Phi) is 4.61. The summed E-state index contributed by atoms with van der Waals surface area (Å²) < 4.78 is 6.33. The highest BCUT2D eigenvalue weighted by Crippen LogP contribution is 2.40. The van der Waals surface area contributed by atoms with E-state index in [0.29, 0.717) is 16.7 Å². The number of rotatable bonds is 4. The first-order valence-electron chi connectivity index (χ1n) is 9.32. The highest BCUT2D eigenvalue weighted by atomic mass is 32.2. The number of aromatic nitrogens is 5. The van der Waals surface area contributed by atoms with E-state index in [1.54, 1.807) is 6.20 Å². The van der Waals surface area contributed by atoms with Gasteiger partial charge in [-0.15, -0.1) is 10.2 Å². The summed E-state index contributed by atoms with van der Waals surface area (Å²) in [6.07, 6.45) is 1.30. The zero-order valence-corrected chi connectivity index (χ0v) is 16.5. The zero-order valence-electron chi connectivity index (χ0n) is 15.7. The highest BCUT2D eigenvalue weighted by Gasteiger charge is 2.28. The van der Waals surface area contributed by atoms with Crippen LogP contribution >= 0.6 is 11.8 Å². The summed E-state index contributed by atoms with van der Waals surface area (Å²) in [5.74, 6) is 1.32. The highest BCUT2D eigenvalue weighted by molar-refractivity contribution is 7.99. The van der Waals surface area contributed by atoms with E-state index in [1.807, 2.05) is 54.6 Å². The van der Waals surface area contributed by atoms with Crippen LogP contribution in [0.15, 0.2) is 66.0 Å². The van der Waals surface area contributed by atoms with Crippen LogP contribution in [0.2, 0.25) is 0 Å². The Labute approximate surface area is 172 Å². The molecule has 3 heterocycles. The minimum absolute atomic E-state index is 0.457. The number of para-hydroxylation sites is 1. The van der Waals surface area contributed by atoms with E-state index in [9.17, 15) is 0 Å². The first kappa shape index (κ1) is 17.7. The summed E-state index contributed by atoms with van der Waals surface area (Å²) in [5.41, 5.74) is 5.26. The second-order valence-corrected chi connectivity index (χ2v) is 7.67. The van der Waals surface area contributed by atoms with Gasteiger partial charge in [0.1, 0.15) is 0 Å². The van der Waals surface area contributed by atoms with Gasteiger partial charge in [-0.05, 0) is 11.8 Å². The van der Waals surface area contributed by atoms with Gasteiger partial charge in [-0.2, -0.15) is 10.1 Å². The van der Waals surface area contributed by atoms with Crippen molar-refractivity contribution in [3.63, 3.8) is 0 Å². The van der Waals surface area contributed by atoms with Gasteiger partial charge in [-0.3, -0.25) is 5.10 Å². The third-order valence-electron chi connectivity index (χ3n) is 4.62. The molecule has 2 N–H and O–H groups in total. The number of fused-ring (bicyclic) bond motifs is 3. The van der Waals surface area contributed by atoms with Crippen LogP contribution in [0, 0.1) is 0 Å². The molecule has 144 valence electrons. The maximum Gasteiger partial charge on any atom is 0.247 e. The Morgan fingerprint density at radius 1 is 1.03 bits per heavy atom. The molecule has 0 radical (unpaired) electrons. The first-order valence-corrected chi connectivity index (χ1v) is 10.3. The van der Waals surface area contributed by atoms with Gasteiger partial charge in [-0.1, -0.05) is 67.2 Å². The molecule has 0 unspecified atom stereocenters. The largest absolute Gasteiger partial charge is 0.448 e. The molecule has 8 heteroatoms. The van der Waals surface area contributed by atoms with Gasteiger partial charge in [0.2, 0.25) is 17.3 Å². The Morgan fingerprint density at radius 2 is 1.86 bits per heavy atom. The molecular weight excluding hydrogens is 384 g/mol. The molecule has 0 amide bonds. The maximum absolute atomic E-state index is 6.33. The summed E-state index contributed by atoms with van der Waals surface area (Å²) in [6.45, 7) is 2.05. The predicted octanol–water partition coefficient (Wildman–Crippen LogP) is 4.54. The van der Waals surface area contributed by atoms with Crippen LogP contribution in [0.25, 0.3) is 22.5 Å². The fourth-order valence-electron chi connectivity index (χ4n) is 3.31. The third kappa shape index (κ3) is 3.31. The zero-order chi connectivity index (χ0) is 19.6. The Morgan fingerprint density at radius 3 is 2.72 bits per heavy atom. The van der Waals surface area contributed by atoms with Crippen molar-refractivity contribution in [2.75, 3.05) is 11.1 Å². The van der Waals surface area contributed by atoms with E-state index in [0.717, 1.165) is 33.8 Å². The number of H-pyrrole nitrogens is 1. The van der Waals surface area contributed by atoms with E-state index in [-0.39, 0.29) is 0 Å². The van der Waals surface area contributed by atoms with Crippen molar-refractivity contribution in [1.29, 1.82) is 0 Å². The third-order valence-corrected chi connectivity index (χ3v) is 5.34. The van der Waals surface area contributed by atoms with Crippen molar-refractivity contribution >= 4 is 17.4 Å². The molecule has 0 aliphatic carbocycles. The molecule has 5 rings (SSSR count). The lowest BCUT2D eigenvalue weighted by atomic mass is 10.1. The number of thioether (sulfide) groups is 1. The molecule has 0 bridgehead atoms. The number of ether oxygens (including phenoxy) is 1. The maximum atomic E-state index is 6.33. The van der Waals surface area contributed by atoms with Gasteiger partial charge in [0.15, 0.2) is 5.69 Å². The molecule has 2 aromatic heterocycles. The van der Waals surface area contributed by atoms with Gasteiger partial charge < -0.3 is 10.1 Å². The van der Waals surface area contributed by atoms with Crippen molar-refractivity contribution in [2.24, 2.45) is 0 Å². The monoisotopic (exact) mass is 402 g/mol. The van der Waals surface area contributed by atoms with Crippen LogP contribution in [0.4, 0.5) is 5.69 Å². The van der Waals surface area contributed by atoms with Crippen molar-refractivity contribution in [3.8, 4) is 28.4 Å². The summed E-state index contributed by atoms with van der Waals surface area (Å²) in [5, 5.41) is 20.1. The van der Waals surface area contributed by atoms with Crippen molar-refractivity contribution < 1.29 is 4.74 Å². The number of hydrogen-bond donors (Lipinski definition) is 2. The average Bonchev–Trinajstić information content (AvgIpc) is 3.19. The van der Waals surface area contributed by atoms with E-state index < -0.39 is 6.23 Å². The smallest absolute Gasteiger partial charge is 0.247 e. The Bertz CT molecular complexity index is 1150. The van der Waals surface area contributed by atoms with Crippen LogP contribution in [-0.2, 0) is 0 Å². The summed E-state index contributed by atoms with van der Waals surface area (Å²) in [7, 11) is 0. The molecule has 1 atom stereocenters. The number of benzene rings is 2. The second kappa shape index (κ2) is 7.56. The van der Waals surface area contributed by atoms with Gasteiger partial charge in [0.05, 0.1) is 17.5 Å². The van der Waals surface area contributed by atoms with E-state index in [4.69, 9.17) is 4.74 Å². The minimum Gasteiger partial charge on any atom is -0.448 e. The van der Waals surface area contributed by atoms with Crippen LogP contribution in [-0.4, -0.2) is 31.1 Å². The molecule has 1 aliphatic rings. The molecule has 0 saturated carbocycles. The van der Waals surface area contributed by atoms with Crippen LogP contribution in [0.1, 0.15) is 18.7 Å². The Balaban J connectivity index is 1.62. The molecule has 1 aliphatic heterocycles. The SMILES string of the molecule is CCSc1nnc2c(n1)O[C@@H](c1cn[nH]c1-c1ccccc1)Nc1ccccc1-2. The van der Waals surface area contributed by atoms with Gasteiger partial charge >= 0.3 is 0 Å². The minimum atomic E-state index is -0.484. The average molecular weight is 402 g/mol. The molecule has 7 nitrogen and oxygen atoms in total. The van der Waals surface area contributed by atoms with E-state index in [1.165, 1.54) is 11.8 Å². The van der Waals surface area contributed by atoms with Crippen LogP contribution < -0.4 is 10.1 Å². The fourth-order valence-corrected chi connectivity index (χ4v) is 3.81. The predicted molar refractivity (Wildman–Crippen MR) is 113 cm³/mol.